The number of hydrogen-bond acceptors (Lipinski definition) is 7. The maximum Gasteiger partial charge on any atom is 0.319 e. The average molecular weight is 335 g/mol. The number of carbonyl (C=O) groups is 1. The van der Waals surface area contributed by atoms with Crippen LogP contribution in [0, 0.1) is 0 Å². The summed E-state index contributed by atoms with van der Waals surface area (Å²) in [5, 5.41) is 1.40. The van der Waals surface area contributed by atoms with Crippen LogP contribution in [0.15, 0.2) is 5.16 Å². The van der Waals surface area contributed by atoms with Crippen LogP contribution in [-0.4, -0.2) is 27.3 Å². The van der Waals surface area contributed by atoms with E-state index in [2.05, 4.69) is 9.97 Å². The van der Waals surface area contributed by atoms with E-state index in [1.165, 1.54) is 35.0 Å². The molecule has 0 saturated carbocycles. The van der Waals surface area contributed by atoms with Crippen molar-refractivity contribution in [2.24, 2.45) is 0 Å². The monoisotopic (exact) mass is 335 g/mol. The van der Waals surface area contributed by atoms with Gasteiger partial charge < -0.3 is 10.5 Å². The highest BCUT2D eigenvalue weighted by Crippen LogP contribution is 2.39. The van der Waals surface area contributed by atoms with Crippen LogP contribution in [0.4, 0.5) is 5.82 Å². The van der Waals surface area contributed by atoms with Gasteiger partial charge in [0, 0.05) is 11.3 Å². The SMILES string of the molecule is C[C@@H]1C[C@H](Sc2nc(N)c3c4c(sc3n2)CCCC4)C(=O)O1. The van der Waals surface area contributed by atoms with Gasteiger partial charge in [0.15, 0.2) is 5.16 Å². The lowest BCUT2D eigenvalue weighted by Gasteiger charge is -2.11. The lowest BCUT2D eigenvalue weighted by atomic mass is 9.97. The van der Waals surface area contributed by atoms with Crippen LogP contribution in [0.5, 0.6) is 0 Å². The molecule has 22 heavy (non-hydrogen) atoms. The minimum atomic E-state index is -0.221. The molecule has 0 radical (unpaired) electrons. The van der Waals surface area contributed by atoms with E-state index in [1.807, 2.05) is 6.92 Å². The number of aryl methyl sites for hydroxylation is 2. The predicted octanol–water partition coefficient (Wildman–Crippen LogP) is 2.95. The van der Waals surface area contributed by atoms with Gasteiger partial charge in [-0.05, 0) is 38.2 Å². The van der Waals surface area contributed by atoms with Gasteiger partial charge in [0.2, 0.25) is 0 Å². The van der Waals surface area contributed by atoms with Crippen molar-refractivity contribution in [3.05, 3.63) is 10.4 Å². The number of esters is 1. The first-order chi connectivity index (χ1) is 10.6. The predicted molar refractivity (Wildman–Crippen MR) is 88.3 cm³/mol. The maximum atomic E-state index is 11.8. The van der Waals surface area contributed by atoms with Gasteiger partial charge in [-0.3, -0.25) is 4.79 Å². The fourth-order valence-corrected chi connectivity index (χ4v) is 5.56. The highest BCUT2D eigenvalue weighted by atomic mass is 32.2. The first kappa shape index (κ1) is 14.3. The number of thiophene rings is 1. The molecule has 4 rings (SSSR count). The first-order valence-electron chi connectivity index (χ1n) is 7.56. The van der Waals surface area contributed by atoms with Gasteiger partial charge in [-0.25, -0.2) is 9.97 Å². The van der Waals surface area contributed by atoms with Crippen molar-refractivity contribution in [1.82, 2.24) is 9.97 Å². The van der Waals surface area contributed by atoms with E-state index in [4.69, 9.17) is 10.5 Å². The number of fused-ring (bicyclic) bond motifs is 3. The molecule has 2 atom stereocenters. The maximum absolute atomic E-state index is 11.8. The summed E-state index contributed by atoms with van der Waals surface area (Å²) in [6.07, 6.45) is 5.31. The van der Waals surface area contributed by atoms with Gasteiger partial charge in [0.05, 0.1) is 5.39 Å². The summed E-state index contributed by atoms with van der Waals surface area (Å²) in [5.74, 6) is 0.372. The average Bonchev–Trinajstić information content (AvgIpc) is 2.99. The number of carbonyl (C=O) groups excluding carboxylic acids is 1. The number of cyclic esters (lactones) is 1. The van der Waals surface area contributed by atoms with Crippen molar-refractivity contribution < 1.29 is 9.53 Å². The molecule has 5 nitrogen and oxygen atoms in total. The van der Waals surface area contributed by atoms with Crippen LogP contribution in [0.25, 0.3) is 10.2 Å². The number of nitrogens with zero attached hydrogens (tertiary/aromatic N) is 2. The van der Waals surface area contributed by atoms with E-state index in [9.17, 15) is 4.79 Å². The fourth-order valence-electron chi connectivity index (χ4n) is 3.16. The Kier molecular flexibility index (Phi) is 3.49. The summed E-state index contributed by atoms with van der Waals surface area (Å²) in [6.45, 7) is 1.91. The third kappa shape index (κ3) is 2.36. The van der Waals surface area contributed by atoms with Crippen LogP contribution in [0.3, 0.4) is 0 Å². The molecule has 1 fully saturated rings. The number of aromatic nitrogens is 2. The molecule has 1 aliphatic heterocycles. The number of ether oxygens (including phenoxy) is 1. The van der Waals surface area contributed by atoms with E-state index < -0.39 is 0 Å². The standard InChI is InChI=1S/C15H17N3O2S2/c1-7-6-10(14(19)20-7)22-15-17-12(16)11-8-4-2-3-5-9(8)21-13(11)18-15/h7,10H,2-6H2,1H3,(H2,16,17,18)/t7-,10+/m1/s1. The molecule has 1 saturated heterocycles. The van der Waals surface area contributed by atoms with E-state index in [1.54, 1.807) is 11.3 Å². The molecule has 2 aromatic rings. The van der Waals surface area contributed by atoms with E-state index >= 15 is 0 Å². The van der Waals surface area contributed by atoms with Gasteiger partial charge in [-0.2, -0.15) is 0 Å². The fraction of sp³-hybridized carbons (Fsp3) is 0.533. The molecular weight excluding hydrogens is 318 g/mol. The van der Waals surface area contributed by atoms with Crippen LogP contribution in [0.1, 0.15) is 36.6 Å². The minimum absolute atomic E-state index is 0.0277. The summed E-state index contributed by atoms with van der Waals surface area (Å²) in [4.78, 5) is 23.2. The molecule has 116 valence electrons. The van der Waals surface area contributed by atoms with Crippen LogP contribution in [-0.2, 0) is 22.4 Å². The first-order valence-corrected chi connectivity index (χ1v) is 9.26. The summed E-state index contributed by atoms with van der Waals surface area (Å²) >= 11 is 3.09. The van der Waals surface area contributed by atoms with Crippen molar-refractivity contribution in [2.45, 2.75) is 55.5 Å². The molecule has 2 aromatic heterocycles. The molecule has 0 spiro atoms. The Labute approximate surface area is 136 Å². The smallest absolute Gasteiger partial charge is 0.319 e. The molecule has 0 aromatic carbocycles. The van der Waals surface area contributed by atoms with Crippen LogP contribution >= 0.6 is 23.1 Å². The second-order valence-corrected chi connectivity index (χ2v) is 8.13. The molecule has 7 heteroatoms. The Hall–Kier alpha value is -1.34. The number of hydrogen-bond donors (Lipinski definition) is 1. The summed E-state index contributed by atoms with van der Waals surface area (Å²) in [5.41, 5.74) is 7.53. The summed E-state index contributed by atoms with van der Waals surface area (Å²) < 4.78 is 5.19. The van der Waals surface area contributed by atoms with Gasteiger partial charge in [-0.15, -0.1) is 11.3 Å². The normalized spacial score (nSPS) is 24.5. The molecule has 0 bridgehead atoms. The van der Waals surface area contributed by atoms with E-state index in [-0.39, 0.29) is 17.3 Å². The molecule has 2 N–H and O–H groups in total. The number of nitrogen functional groups attached to an aromatic ring is 1. The second-order valence-electron chi connectivity index (χ2n) is 5.87. The van der Waals surface area contributed by atoms with Crippen molar-refractivity contribution >= 4 is 45.1 Å². The van der Waals surface area contributed by atoms with Crippen LogP contribution < -0.4 is 5.73 Å². The van der Waals surface area contributed by atoms with Crippen LogP contribution in [0.2, 0.25) is 0 Å². The Bertz CT molecular complexity index is 759. The quantitative estimate of drug-likeness (QED) is 0.671. The number of thioether (sulfide) groups is 1. The third-order valence-corrected chi connectivity index (χ3v) is 6.44. The lowest BCUT2D eigenvalue weighted by molar-refractivity contribution is -0.140. The molecular formula is C15H17N3O2S2. The molecule has 0 unspecified atom stereocenters. The zero-order chi connectivity index (χ0) is 15.3. The Morgan fingerprint density at radius 3 is 2.91 bits per heavy atom. The largest absolute Gasteiger partial charge is 0.462 e. The Morgan fingerprint density at radius 1 is 1.32 bits per heavy atom. The Morgan fingerprint density at radius 2 is 2.14 bits per heavy atom. The number of anilines is 1. The van der Waals surface area contributed by atoms with Gasteiger partial charge in [-0.1, -0.05) is 11.8 Å². The highest BCUT2D eigenvalue weighted by molar-refractivity contribution is 8.00. The molecule has 0 amide bonds. The molecule has 1 aliphatic carbocycles. The van der Waals surface area contributed by atoms with Gasteiger partial charge >= 0.3 is 5.97 Å². The summed E-state index contributed by atoms with van der Waals surface area (Å²) in [7, 11) is 0. The topological polar surface area (TPSA) is 78.1 Å². The van der Waals surface area contributed by atoms with Crippen molar-refractivity contribution in [2.75, 3.05) is 5.73 Å². The molecule has 2 aliphatic rings. The van der Waals surface area contributed by atoms with Gasteiger partial charge in [0.1, 0.15) is 22.0 Å². The minimum Gasteiger partial charge on any atom is -0.462 e. The number of nitrogens with two attached hydrogens (primary N) is 1. The van der Waals surface area contributed by atoms with Gasteiger partial charge in [0.25, 0.3) is 0 Å². The molecule has 3 heterocycles. The van der Waals surface area contributed by atoms with Crippen molar-refractivity contribution in [1.29, 1.82) is 0 Å². The highest BCUT2D eigenvalue weighted by Gasteiger charge is 2.33. The second kappa shape index (κ2) is 5.38. The van der Waals surface area contributed by atoms with E-state index in [0.717, 1.165) is 23.1 Å². The summed E-state index contributed by atoms with van der Waals surface area (Å²) in [6, 6.07) is 0. The zero-order valence-corrected chi connectivity index (χ0v) is 13.9. The van der Waals surface area contributed by atoms with E-state index in [0.29, 0.717) is 17.4 Å². The van der Waals surface area contributed by atoms with Crippen molar-refractivity contribution in [3.8, 4) is 0 Å². The lowest BCUT2D eigenvalue weighted by Crippen LogP contribution is -2.10. The zero-order valence-electron chi connectivity index (χ0n) is 12.3. The van der Waals surface area contributed by atoms with Crippen molar-refractivity contribution in [3.63, 3.8) is 0 Å². The number of rotatable bonds is 2. The Balaban J connectivity index is 1.70. The third-order valence-electron chi connectivity index (χ3n) is 4.20.